The molecule has 1 heterocycles. The fourth-order valence-electron chi connectivity index (χ4n) is 2.05. The zero-order chi connectivity index (χ0) is 15.0. The van der Waals surface area contributed by atoms with Crippen molar-refractivity contribution in [3.63, 3.8) is 0 Å². The normalized spacial score (nSPS) is 20.8. The maximum Gasteiger partial charge on any atom is 0.494 e. The van der Waals surface area contributed by atoms with Crippen LogP contribution in [0.3, 0.4) is 0 Å². The van der Waals surface area contributed by atoms with Crippen LogP contribution in [0.2, 0.25) is 0 Å². The van der Waals surface area contributed by atoms with Gasteiger partial charge >= 0.3 is 7.12 Å². The zero-order valence-electron chi connectivity index (χ0n) is 12.9. The van der Waals surface area contributed by atoms with Crippen LogP contribution in [0.15, 0.2) is 24.3 Å². The van der Waals surface area contributed by atoms with Crippen molar-refractivity contribution in [3.8, 4) is 0 Å². The van der Waals surface area contributed by atoms with Crippen LogP contribution in [0.5, 0.6) is 0 Å². The van der Waals surface area contributed by atoms with Crippen molar-refractivity contribution in [1.29, 1.82) is 0 Å². The molecule has 0 amide bonds. The Morgan fingerprint density at radius 1 is 1.15 bits per heavy atom. The van der Waals surface area contributed by atoms with E-state index in [1.54, 1.807) is 12.1 Å². The summed E-state index contributed by atoms with van der Waals surface area (Å²) in [6.45, 7) is 9.97. The van der Waals surface area contributed by atoms with Gasteiger partial charge in [-0.25, -0.2) is 4.39 Å². The zero-order valence-corrected chi connectivity index (χ0v) is 12.9. The van der Waals surface area contributed by atoms with Crippen molar-refractivity contribution in [1.82, 2.24) is 0 Å². The molecule has 2 nitrogen and oxygen atoms in total. The topological polar surface area (TPSA) is 18.5 Å². The summed E-state index contributed by atoms with van der Waals surface area (Å²) in [6.07, 6.45) is 4.62. The van der Waals surface area contributed by atoms with Crippen molar-refractivity contribution >= 4 is 18.7 Å². The van der Waals surface area contributed by atoms with Crippen LogP contribution in [-0.4, -0.2) is 18.3 Å². The van der Waals surface area contributed by atoms with Gasteiger partial charge in [0.25, 0.3) is 0 Å². The van der Waals surface area contributed by atoms with E-state index in [1.165, 1.54) is 6.07 Å². The van der Waals surface area contributed by atoms with Gasteiger partial charge in [-0.2, -0.15) is 0 Å². The van der Waals surface area contributed by atoms with E-state index in [1.807, 2.05) is 46.8 Å². The molecule has 0 atom stereocenters. The van der Waals surface area contributed by atoms with E-state index >= 15 is 0 Å². The summed E-state index contributed by atoms with van der Waals surface area (Å²) in [6, 6.07) is 5.12. The summed E-state index contributed by atoms with van der Waals surface area (Å²) in [4.78, 5) is 0. The minimum absolute atomic E-state index is 0.248. The molecule has 0 aliphatic carbocycles. The Kier molecular flexibility index (Phi) is 4.08. The number of hydrogen-bond acceptors (Lipinski definition) is 2. The lowest BCUT2D eigenvalue weighted by molar-refractivity contribution is 0.00578. The van der Waals surface area contributed by atoms with E-state index in [-0.39, 0.29) is 5.82 Å². The van der Waals surface area contributed by atoms with Crippen LogP contribution < -0.4 is 5.46 Å². The lowest BCUT2D eigenvalue weighted by Crippen LogP contribution is -2.41. The van der Waals surface area contributed by atoms with E-state index in [2.05, 4.69) is 0 Å². The quantitative estimate of drug-likeness (QED) is 0.786. The third-order valence-corrected chi connectivity index (χ3v) is 4.08. The fraction of sp³-hybridized carbons (Fsp3) is 0.500. The highest BCUT2D eigenvalue weighted by atomic mass is 19.1. The molecule has 4 heteroatoms. The van der Waals surface area contributed by atoms with Gasteiger partial charge in [-0.3, -0.25) is 0 Å². The molecule has 2 rings (SSSR count). The number of rotatable bonds is 3. The number of halogens is 1. The van der Waals surface area contributed by atoms with Crippen molar-refractivity contribution in [2.75, 3.05) is 0 Å². The first kappa shape index (κ1) is 15.3. The summed E-state index contributed by atoms with van der Waals surface area (Å²) in [5, 5.41) is 0. The molecule has 1 aromatic carbocycles. The molecule has 1 aromatic rings. The van der Waals surface area contributed by atoms with Crippen molar-refractivity contribution < 1.29 is 13.7 Å². The largest absolute Gasteiger partial charge is 0.494 e. The first-order valence-corrected chi connectivity index (χ1v) is 7.08. The average Bonchev–Trinajstić information content (AvgIpc) is 2.57. The second-order valence-electron chi connectivity index (χ2n) is 6.18. The van der Waals surface area contributed by atoms with Gasteiger partial charge < -0.3 is 9.31 Å². The molecule has 0 aromatic heterocycles. The molecule has 0 spiro atoms. The van der Waals surface area contributed by atoms with Crippen LogP contribution in [0, 0.1) is 5.82 Å². The summed E-state index contributed by atoms with van der Waals surface area (Å²) in [5.41, 5.74) is 0.492. The third-order valence-electron chi connectivity index (χ3n) is 4.08. The Morgan fingerprint density at radius 2 is 1.75 bits per heavy atom. The van der Waals surface area contributed by atoms with E-state index in [4.69, 9.17) is 9.31 Å². The van der Waals surface area contributed by atoms with Crippen LogP contribution in [-0.2, 0) is 9.31 Å². The molecule has 0 unspecified atom stereocenters. The van der Waals surface area contributed by atoms with Crippen LogP contribution >= 0.6 is 0 Å². The summed E-state index contributed by atoms with van der Waals surface area (Å²) >= 11 is 0. The Labute approximate surface area is 121 Å². The Morgan fingerprint density at radius 3 is 2.25 bits per heavy atom. The second-order valence-corrected chi connectivity index (χ2v) is 6.18. The highest BCUT2D eigenvalue weighted by Crippen LogP contribution is 2.36. The Balaban J connectivity index is 2.24. The molecule has 1 aliphatic rings. The highest BCUT2D eigenvalue weighted by Gasteiger charge is 2.51. The van der Waals surface area contributed by atoms with E-state index in [9.17, 15) is 4.39 Å². The fourth-order valence-corrected chi connectivity index (χ4v) is 2.05. The molecule has 0 bridgehead atoms. The molecule has 1 fully saturated rings. The molecular formula is C16H22BFO2. The second kappa shape index (κ2) is 5.34. The van der Waals surface area contributed by atoms with Gasteiger partial charge in [-0.1, -0.05) is 31.2 Å². The van der Waals surface area contributed by atoms with Crippen LogP contribution in [0.1, 0.15) is 46.6 Å². The molecular weight excluding hydrogens is 254 g/mol. The molecule has 0 saturated carbocycles. The van der Waals surface area contributed by atoms with E-state index < -0.39 is 18.3 Å². The van der Waals surface area contributed by atoms with Gasteiger partial charge in [0.1, 0.15) is 5.82 Å². The number of allylic oxidation sites excluding steroid dienone is 1. The maximum atomic E-state index is 14.0. The minimum Gasteiger partial charge on any atom is -0.399 e. The van der Waals surface area contributed by atoms with Gasteiger partial charge in [0, 0.05) is 5.56 Å². The predicted octanol–water partition coefficient (Wildman–Crippen LogP) is 3.55. The lowest BCUT2D eigenvalue weighted by atomic mass is 9.78. The molecule has 0 N–H and O–H groups in total. The first-order chi connectivity index (χ1) is 9.27. The average molecular weight is 276 g/mol. The first-order valence-electron chi connectivity index (χ1n) is 7.08. The monoisotopic (exact) mass is 276 g/mol. The SMILES string of the molecule is CCC=Cc1ccc(B2OC(C)(C)C(C)(C)O2)cc1F. The maximum absolute atomic E-state index is 14.0. The number of hydrogen-bond donors (Lipinski definition) is 0. The smallest absolute Gasteiger partial charge is 0.399 e. The number of benzene rings is 1. The molecule has 20 heavy (non-hydrogen) atoms. The standard InChI is InChI=1S/C16H22BFO2/c1-6-7-8-12-9-10-13(11-14(12)18)17-19-15(2,3)16(4,5)20-17/h7-11H,6H2,1-5H3. The predicted molar refractivity (Wildman–Crippen MR) is 81.4 cm³/mol. The summed E-state index contributed by atoms with van der Waals surface area (Å²) in [5.74, 6) is -0.248. The van der Waals surface area contributed by atoms with E-state index in [0.717, 1.165) is 11.9 Å². The highest BCUT2D eigenvalue weighted by molar-refractivity contribution is 6.62. The van der Waals surface area contributed by atoms with Crippen LogP contribution in [0.4, 0.5) is 4.39 Å². The van der Waals surface area contributed by atoms with Gasteiger partial charge in [-0.15, -0.1) is 0 Å². The molecule has 0 radical (unpaired) electrons. The van der Waals surface area contributed by atoms with Crippen LogP contribution in [0.25, 0.3) is 6.08 Å². The molecule has 1 saturated heterocycles. The van der Waals surface area contributed by atoms with Gasteiger partial charge in [0.15, 0.2) is 0 Å². The molecule has 1 aliphatic heterocycles. The minimum atomic E-state index is -0.515. The van der Waals surface area contributed by atoms with Crippen molar-refractivity contribution in [2.24, 2.45) is 0 Å². The lowest BCUT2D eigenvalue weighted by Gasteiger charge is -2.32. The van der Waals surface area contributed by atoms with Gasteiger partial charge in [0.2, 0.25) is 0 Å². The molecule has 108 valence electrons. The Bertz CT molecular complexity index is 507. The van der Waals surface area contributed by atoms with Crippen molar-refractivity contribution in [3.05, 3.63) is 35.7 Å². The van der Waals surface area contributed by atoms with Gasteiger partial charge in [-0.05, 0) is 45.6 Å². The Hall–Kier alpha value is -1.13. The summed E-state index contributed by atoms with van der Waals surface area (Å²) < 4.78 is 25.9. The van der Waals surface area contributed by atoms with E-state index in [0.29, 0.717) is 5.56 Å². The third kappa shape index (κ3) is 2.81. The van der Waals surface area contributed by atoms with Crippen molar-refractivity contribution in [2.45, 2.75) is 52.2 Å². The summed E-state index contributed by atoms with van der Waals surface area (Å²) in [7, 11) is -0.515. The van der Waals surface area contributed by atoms with Gasteiger partial charge in [0.05, 0.1) is 11.2 Å².